The Labute approximate surface area is 168 Å². The van der Waals surface area contributed by atoms with Crippen molar-refractivity contribution in [2.24, 2.45) is 0 Å². The van der Waals surface area contributed by atoms with E-state index >= 15 is 0 Å². The summed E-state index contributed by atoms with van der Waals surface area (Å²) in [6.45, 7) is 3.81. The van der Waals surface area contributed by atoms with E-state index in [1.165, 1.54) is 6.07 Å². The van der Waals surface area contributed by atoms with Crippen molar-refractivity contribution >= 4 is 11.4 Å². The Kier molecular flexibility index (Phi) is 4.92. The van der Waals surface area contributed by atoms with Crippen molar-refractivity contribution in [1.82, 2.24) is 14.6 Å². The van der Waals surface area contributed by atoms with Gasteiger partial charge in [0.25, 0.3) is 0 Å². The lowest BCUT2D eigenvalue weighted by molar-refractivity contribution is 0.0992. The molecular weight excluding hydrogens is 365 g/mol. The Hall–Kier alpha value is -3.78. The predicted octanol–water partition coefficient (Wildman–Crippen LogP) is 4.31. The smallest absolute Gasteiger partial charge is 0.167 e. The number of nitrogens with zero attached hydrogens (tertiary/aromatic N) is 3. The van der Waals surface area contributed by atoms with E-state index in [9.17, 15) is 9.18 Å². The van der Waals surface area contributed by atoms with Crippen LogP contribution in [0.1, 0.15) is 38.3 Å². The van der Waals surface area contributed by atoms with Crippen LogP contribution >= 0.6 is 0 Å². The highest BCUT2D eigenvalue weighted by Gasteiger charge is 2.12. The number of halogens is 1. The van der Waals surface area contributed by atoms with Crippen molar-refractivity contribution in [3.8, 4) is 11.8 Å². The first-order valence-electron chi connectivity index (χ1n) is 9.21. The molecule has 0 saturated heterocycles. The third-order valence-electron chi connectivity index (χ3n) is 4.71. The summed E-state index contributed by atoms with van der Waals surface area (Å²) in [7, 11) is 0. The number of carbonyl (C=O) groups excluding carboxylic acids is 1. The van der Waals surface area contributed by atoms with Gasteiger partial charge in [-0.3, -0.25) is 4.79 Å². The number of hydrogen-bond donors (Lipinski definition) is 0. The molecule has 0 saturated carbocycles. The number of fused-ring (bicyclic) bond motifs is 1. The summed E-state index contributed by atoms with van der Waals surface area (Å²) in [4.78, 5) is 17.0. The van der Waals surface area contributed by atoms with Gasteiger partial charge in [-0.1, -0.05) is 35.7 Å². The number of benzene rings is 2. The van der Waals surface area contributed by atoms with E-state index in [2.05, 4.69) is 21.9 Å². The third kappa shape index (κ3) is 3.92. The minimum Gasteiger partial charge on any atom is -0.294 e. The summed E-state index contributed by atoms with van der Waals surface area (Å²) in [5, 5.41) is 4.25. The van der Waals surface area contributed by atoms with Crippen LogP contribution in [0.3, 0.4) is 0 Å². The van der Waals surface area contributed by atoms with E-state index in [4.69, 9.17) is 0 Å². The largest absolute Gasteiger partial charge is 0.294 e. The minimum absolute atomic E-state index is 0.0145. The minimum atomic E-state index is -0.365. The summed E-state index contributed by atoms with van der Waals surface area (Å²) in [5.74, 6) is 5.67. The summed E-state index contributed by atoms with van der Waals surface area (Å²) >= 11 is 0. The summed E-state index contributed by atoms with van der Waals surface area (Å²) in [5.41, 5.74) is 4.92. The number of rotatable bonds is 3. The fraction of sp³-hybridized carbons (Fsp3) is 0.125. The molecule has 0 amide bonds. The molecule has 2 aromatic heterocycles. The zero-order chi connectivity index (χ0) is 20.4. The molecule has 0 N–H and O–H groups in total. The van der Waals surface area contributed by atoms with E-state index in [0.717, 1.165) is 22.3 Å². The van der Waals surface area contributed by atoms with Gasteiger partial charge < -0.3 is 0 Å². The Morgan fingerprint density at radius 2 is 1.97 bits per heavy atom. The standard InChI is InChI=1S/C24H18FN3O/c1-16-5-10-22(25)20(12-16)14-23(29)19-7-6-17(2)18(13-19)8-9-21-15-26-24-4-3-11-27-28(21)24/h3-7,10-13,15H,14H2,1-2H3. The number of hydrogen-bond acceptors (Lipinski definition) is 3. The lowest BCUT2D eigenvalue weighted by atomic mass is 9.98. The van der Waals surface area contributed by atoms with Gasteiger partial charge in [-0.2, -0.15) is 5.10 Å². The lowest BCUT2D eigenvalue weighted by Gasteiger charge is -2.06. The van der Waals surface area contributed by atoms with Crippen LogP contribution in [0.15, 0.2) is 60.9 Å². The topological polar surface area (TPSA) is 47.3 Å². The zero-order valence-electron chi connectivity index (χ0n) is 16.1. The molecule has 0 bridgehead atoms. The van der Waals surface area contributed by atoms with Gasteiger partial charge in [-0.15, -0.1) is 0 Å². The number of imidazole rings is 1. The quantitative estimate of drug-likeness (QED) is 0.391. The molecule has 5 heteroatoms. The first-order chi connectivity index (χ1) is 14.0. The van der Waals surface area contributed by atoms with E-state index < -0.39 is 0 Å². The normalized spacial score (nSPS) is 10.6. The van der Waals surface area contributed by atoms with Crippen LogP contribution in [0, 0.1) is 31.5 Å². The van der Waals surface area contributed by atoms with Crippen LogP contribution in [0.25, 0.3) is 5.65 Å². The summed E-state index contributed by atoms with van der Waals surface area (Å²) in [6, 6.07) is 13.8. The molecule has 0 aliphatic heterocycles. The molecule has 0 atom stereocenters. The van der Waals surface area contributed by atoms with Crippen LogP contribution in [-0.2, 0) is 6.42 Å². The number of aryl methyl sites for hydroxylation is 2. The van der Waals surface area contributed by atoms with Crippen molar-refractivity contribution < 1.29 is 9.18 Å². The molecule has 0 radical (unpaired) electrons. The van der Waals surface area contributed by atoms with Crippen LogP contribution < -0.4 is 0 Å². The second-order valence-corrected chi connectivity index (χ2v) is 6.91. The molecule has 0 unspecified atom stereocenters. The van der Waals surface area contributed by atoms with E-state index in [0.29, 0.717) is 16.8 Å². The molecule has 142 valence electrons. The van der Waals surface area contributed by atoms with Gasteiger partial charge in [0, 0.05) is 23.7 Å². The second kappa shape index (κ2) is 7.69. The molecule has 0 fully saturated rings. The van der Waals surface area contributed by atoms with Gasteiger partial charge in [-0.25, -0.2) is 13.9 Å². The number of carbonyl (C=O) groups is 1. The monoisotopic (exact) mass is 383 g/mol. The molecule has 29 heavy (non-hydrogen) atoms. The van der Waals surface area contributed by atoms with Gasteiger partial charge in [0.2, 0.25) is 0 Å². The Morgan fingerprint density at radius 3 is 2.83 bits per heavy atom. The SMILES string of the molecule is Cc1ccc(F)c(CC(=O)c2ccc(C)c(C#Cc3cnc4cccnn34)c2)c1. The molecule has 2 heterocycles. The van der Waals surface area contributed by atoms with E-state index in [-0.39, 0.29) is 18.0 Å². The highest BCUT2D eigenvalue weighted by Crippen LogP contribution is 2.16. The molecule has 0 spiro atoms. The van der Waals surface area contributed by atoms with Crippen molar-refractivity contribution in [3.05, 3.63) is 100 Å². The maximum atomic E-state index is 14.0. The zero-order valence-corrected chi connectivity index (χ0v) is 16.1. The second-order valence-electron chi connectivity index (χ2n) is 6.91. The Bertz CT molecular complexity index is 1290. The summed E-state index contributed by atoms with van der Waals surface area (Å²) in [6.07, 6.45) is 3.36. The van der Waals surface area contributed by atoms with Crippen LogP contribution in [-0.4, -0.2) is 20.4 Å². The van der Waals surface area contributed by atoms with Crippen LogP contribution in [0.5, 0.6) is 0 Å². The Morgan fingerprint density at radius 1 is 1.10 bits per heavy atom. The number of Topliss-reactive ketones (excluding diaryl/α,β-unsaturated/α-hetero) is 1. The average molecular weight is 383 g/mol. The van der Waals surface area contributed by atoms with Crippen molar-refractivity contribution in [3.63, 3.8) is 0 Å². The molecule has 4 aromatic rings. The molecule has 0 aliphatic carbocycles. The molecule has 0 aliphatic rings. The predicted molar refractivity (Wildman–Crippen MR) is 109 cm³/mol. The van der Waals surface area contributed by atoms with Gasteiger partial charge in [-0.05, 0) is 55.2 Å². The van der Waals surface area contributed by atoms with Crippen molar-refractivity contribution in [2.75, 3.05) is 0 Å². The highest BCUT2D eigenvalue weighted by atomic mass is 19.1. The Balaban J connectivity index is 1.63. The van der Waals surface area contributed by atoms with E-state index in [1.54, 1.807) is 41.2 Å². The van der Waals surface area contributed by atoms with Crippen molar-refractivity contribution in [2.45, 2.75) is 20.3 Å². The molecular formula is C24H18FN3O. The lowest BCUT2D eigenvalue weighted by Crippen LogP contribution is -2.06. The fourth-order valence-corrected chi connectivity index (χ4v) is 3.09. The number of aromatic nitrogens is 3. The van der Waals surface area contributed by atoms with Gasteiger partial charge in [0.1, 0.15) is 11.5 Å². The van der Waals surface area contributed by atoms with Crippen LogP contribution in [0.2, 0.25) is 0 Å². The highest BCUT2D eigenvalue weighted by molar-refractivity contribution is 5.98. The van der Waals surface area contributed by atoms with Gasteiger partial charge in [0.05, 0.1) is 6.20 Å². The third-order valence-corrected chi connectivity index (χ3v) is 4.71. The maximum absolute atomic E-state index is 14.0. The van der Waals surface area contributed by atoms with E-state index in [1.807, 2.05) is 32.0 Å². The molecule has 4 nitrogen and oxygen atoms in total. The van der Waals surface area contributed by atoms with Gasteiger partial charge in [0.15, 0.2) is 11.4 Å². The first-order valence-corrected chi connectivity index (χ1v) is 9.21. The van der Waals surface area contributed by atoms with Gasteiger partial charge >= 0.3 is 0 Å². The van der Waals surface area contributed by atoms with Crippen molar-refractivity contribution in [1.29, 1.82) is 0 Å². The summed E-state index contributed by atoms with van der Waals surface area (Å²) < 4.78 is 15.7. The van der Waals surface area contributed by atoms with Crippen LogP contribution in [0.4, 0.5) is 4.39 Å². The fourth-order valence-electron chi connectivity index (χ4n) is 3.09. The molecule has 2 aromatic carbocycles. The average Bonchev–Trinajstić information content (AvgIpc) is 3.13. The molecule has 4 rings (SSSR count). The first kappa shape index (κ1) is 18.6. The number of ketones is 1. The maximum Gasteiger partial charge on any atom is 0.167 e.